The zero-order valence-corrected chi connectivity index (χ0v) is 14.4. The van der Waals surface area contributed by atoms with E-state index in [1.165, 1.54) is 24.3 Å². The van der Waals surface area contributed by atoms with Crippen LogP contribution in [0.2, 0.25) is 0 Å². The predicted molar refractivity (Wildman–Crippen MR) is 93.5 cm³/mol. The minimum absolute atomic E-state index is 0.175. The first kappa shape index (κ1) is 17.3. The Bertz CT molecular complexity index is 743. The highest BCUT2D eigenvalue weighted by Gasteiger charge is 2.21. The van der Waals surface area contributed by atoms with Gasteiger partial charge in [-0.15, -0.1) is 0 Å². The SMILES string of the molecule is CC(C)C(NC(=O)c1ccc(F)cc1)c1ccc2c(c1)OCCCO2. The molecule has 1 heterocycles. The number of fused-ring (bicyclic) bond motifs is 1. The number of nitrogens with one attached hydrogen (secondary N) is 1. The van der Waals surface area contributed by atoms with E-state index in [0.29, 0.717) is 24.5 Å². The number of ether oxygens (including phenoxy) is 2. The normalized spacial score (nSPS) is 14.7. The Kier molecular flexibility index (Phi) is 5.22. The van der Waals surface area contributed by atoms with Crippen LogP contribution in [-0.2, 0) is 0 Å². The molecule has 1 atom stereocenters. The van der Waals surface area contributed by atoms with Crippen LogP contribution in [0.5, 0.6) is 11.5 Å². The maximum absolute atomic E-state index is 13.0. The summed E-state index contributed by atoms with van der Waals surface area (Å²) in [4.78, 5) is 12.5. The van der Waals surface area contributed by atoms with E-state index in [9.17, 15) is 9.18 Å². The largest absolute Gasteiger partial charge is 0.490 e. The second-order valence-electron chi connectivity index (χ2n) is 6.46. The fourth-order valence-corrected chi connectivity index (χ4v) is 2.83. The lowest BCUT2D eigenvalue weighted by Crippen LogP contribution is -2.31. The molecule has 0 saturated heterocycles. The Hall–Kier alpha value is -2.56. The van der Waals surface area contributed by atoms with Crippen molar-refractivity contribution in [2.24, 2.45) is 5.92 Å². The van der Waals surface area contributed by atoms with Crippen LogP contribution in [0.25, 0.3) is 0 Å². The predicted octanol–water partition coefficient (Wildman–Crippen LogP) is 4.11. The van der Waals surface area contributed by atoms with Crippen molar-refractivity contribution in [1.82, 2.24) is 5.32 Å². The van der Waals surface area contributed by atoms with Crippen LogP contribution in [0.4, 0.5) is 4.39 Å². The molecule has 3 rings (SSSR count). The molecule has 1 aliphatic rings. The van der Waals surface area contributed by atoms with Crippen molar-refractivity contribution in [3.63, 3.8) is 0 Å². The molecule has 1 N–H and O–H groups in total. The Balaban J connectivity index is 1.82. The van der Waals surface area contributed by atoms with Crippen LogP contribution in [0, 0.1) is 11.7 Å². The van der Waals surface area contributed by atoms with Crippen LogP contribution < -0.4 is 14.8 Å². The summed E-state index contributed by atoms with van der Waals surface area (Å²) in [5.74, 6) is 1.02. The molecule has 0 spiro atoms. The van der Waals surface area contributed by atoms with Crippen molar-refractivity contribution in [2.75, 3.05) is 13.2 Å². The van der Waals surface area contributed by atoms with Gasteiger partial charge in [-0.2, -0.15) is 0 Å². The molecule has 1 unspecified atom stereocenters. The van der Waals surface area contributed by atoms with Gasteiger partial charge in [0.05, 0.1) is 19.3 Å². The highest BCUT2D eigenvalue weighted by atomic mass is 19.1. The molecular weight excluding hydrogens is 321 g/mol. The fraction of sp³-hybridized carbons (Fsp3) is 0.350. The van der Waals surface area contributed by atoms with E-state index in [2.05, 4.69) is 5.32 Å². The van der Waals surface area contributed by atoms with Gasteiger partial charge in [0.15, 0.2) is 11.5 Å². The summed E-state index contributed by atoms with van der Waals surface area (Å²) >= 11 is 0. The Labute approximate surface area is 147 Å². The van der Waals surface area contributed by atoms with Crippen LogP contribution >= 0.6 is 0 Å². The number of hydrogen-bond donors (Lipinski definition) is 1. The van der Waals surface area contributed by atoms with E-state index >= 15 is 0 Å². The molecule has 2 aromatic rings. The molecular formula is C20H22FNO3. The fourth-order valence-electron chi connectivity index (χ4n) is 2.83. The van der Waals surface area contributed by atoms with Gasteiger partial charge < -0.3 is 14.8 Å². The molecule has 25 heavy (non-hydrogen) atoms. The van der Waals surface area contributed by atoms with Crippen molar-refractivity contribution in [3.05, 3.63) is 59.4 Å². The average molecular weight is 343 g/mol. The first-order valence-corrected chi connectivity index (χ1v) is 8.50. The number of hydrogen-bond acceptors (Lipinski definition) is 3. The third kappa shape index (κ3) is 4.10. The molecule has 0 aliphatic carbocycles. The summed E-state index contributed by atoms with van der Waals surface area (Å²) in [5, 5.41) is 3.03. The molecule has 132 valence electrons. The van der Waals surface area contributed by atoms with Crippen molar-refractivity contribution < 1.29 is 18.7 Å². The van der Waals surface area contributed by atoms with Gasteiger partial charge in [0.2, 0.25) is 0 Å². The lowest BCUT2D eigenvalue weighted by Gasteiger charge is -2.24. The summed E-state index contributed by atoms with van der Waals surface area (Å²) in [5.41, 5.74) is 1.39. The number of benzene rings is 2. The zero-order chi connectivity index (χ0) is 17.8. The van der Waals surface area contributed by atoms with Crippen molar-refractivity contribution in [2.45, 2.75) is 26.3 Å². The lowest BCUT2D eigenvalue weighted by atomic mass is 9.95. The number of halogens is 1. The molecule has 1 amide bonds. The maximum atomic E-state index is 13.0. The van der Waals surface area contributed by atoms with Gasteiger partial charge in [-0.05, 0) is 47.9 Å². The van der Waals surface area contributed by atoms with Gasteiger partial charge >= 0.3 is 0 Å². The van der Waals surface area contributed by atoms with E-state index in [0.717, 1.165) is 17.7 Å². The maximum Gasteiger partial charge on any atom is 0.251 e. The van der Waals surface area contributed by atoms with Gasteiger partial charge in [0, 0.05) is 12.0 Å². The van der Waals surface area contributed by atoms with Gasteiger partial charge in [-0.1, -0.05) is 19.9 Å². The first-order valence-electron chi connectivity index (χ1n) is 8.50. The average Bonchev–Trinajstić information content (AvgIpc) is 2.84. The van der Waals surface area contributed by atoms with Gasteiger partial charge in [0.25, 0.3) is 5.91 Å². The van der Waals surface area contributed by atoms with E-state index in [4.69, 9.17) is 9.47 Å². The second-order valence-corrected chi connectivity index (χ2v) is 6.46. The standard InChI is InChI=1S/C20H22FNO3/c1-13(2)19(22-20(23)14-4-7-16(21)8-5-14)15-6-9-17-18(12-15)25-11-3-10-24-17/h4-9,12-13,19H,3,10-11H2,1-2H3,(H,22,23). The third-order valence-corrected chi connectivity index (χ3v) is 4.19. The lowest BCUT2D eigenvalue weighted by molar-refractivity contribution is 0.0925. The van der Waals surface area contributed by atoms with Crippen molar-refractivity contribution in [1.29, 1.82) is 0 Å². The minimum atomic E-state index is -0.361. The van der Waals surface area contributed by atoms with Crippen molar-refractivity contribution in [3.8, 4) is 11.5 Å². The smallest absolute Gasteiger partial charge is 0.251 e. The first-order chi connectivity index (χ1) is 12.0. The van der Waals surface area contributed by atoms with E-state index in [1.54, 1.807) is 0 Å². The molecule has 0 aromatic heterocycles. The van der Waals surface area contributed by atoms with Gasteiger partial charge in [0.1, 0.15) is 5.82 Å². The van der Waals surface area contributed by atoms with Crippen LogP contribution in [-0.4, -0.2) is 19.1 Å². The third-order valence-electron chi connectivity index (χ3n) is 4.19. The Morgan fingerprint density at radius 2 is 1.72 bits per heavy atom. The second kappa shape index (κ2) is 7.55. The molecule has 0 bridgehead atoms. The highest BCUT2D eigenvalue weighted by Crippen LogP contribution is 2.34. The van der Waals surface area contributed by atoms with Crippen molar-refractivity contribution >= 4 is 5.91 Å². The molecule has 5 heteroatoms. The monoisotopic (exact) mass is 343 g/mol. The number of rotatable bonds is 4. The Morgan fingerprint density at radius 1 is 1.04 bits per heavy atom. The molecule has 0 fully saturated rings. The summed E-state index contributed by atoms with van der Waals surface area (Å²) in [6.07, 6.45) is 0.846. The van der Waals surface area contributed by atoms with Gasteiger partial charge in [-0.25, -0.2) is 4.39 Å². The molecule has 4 nitrogen and oxygen atoms in total. The summed E-state index contributed by atoms with van der Waals surface area (Å²) < 4.78 is 24.4. The van der Waals surface area contributed by atoms with E-state index < -0.39 is 0 Å². The summed E-state index contributed by atoms with van der Waals surface area (Å²) in [6.45, 7) is 5.34. The topological polar surface area (TPSA) is 47.6 Å². The van der Waals surface area contributed by atoms with Crippen LogP contribution in [0.1, 0.15) is 42.2 Å². The summed E-state index contributed by atoms with van der Waals surface area (Å²) in [6, 6.07) is 11.1. The molecule has 2 aromatic carbocycles. The quantitative estimate of drug-likeness (QED) is 0.909. The van der Waals surface area contributed by atoms with Gasteiger partial charge in [-0.3, -0.25) is 4.79 Å². The number of carbonyl (C=O) groups excluding carboxylic acids is 1. The number of amides is 1. The highest BCUT2D eigenvalue weighted by molar-refractivity contribution is 5.94. The molecule has 0 radical (unpaired) electrons. The molecule has 1 aliphatic heterocycles. The minimum Gasteiger partial charge on any atom is -0.490 e. The van der Waals surface area contributed by atoms with Crippen LogP contribution in [0.3, 0.4) is 0 Å². The Morgan fingerprint density at radius 3 is 2.40 bits per heavy atom. The van der Waals surface area contributed by atoms with Crippen LogP contribution in [0.15, 0.2) is 42.5 Å². The van der Waals surface area contributed by atoms with E-state index in [-0.39, 0.29) is 23.7 Å². The van der Waals surface area contributed by atoms with E-state index in [1.807, 2.05) is 32.0 Å². The summed E-state index contributed by atoms with van der Waals surface area (Å²) in [7, 11) is 0. The number of carbonyl (C=O) groups is 1. The molecule has 0 saturated carbocycles. The zero-order valence-electron chi connectivity index (χ0n) is 14.4.